The van der Waals surface area contributed by atoms with Crippen molar-refractivity contribution < 1.29 is 46.6 Å². The molecule has 0 spiro atoms. The summed E-state index contributed by atoms with van der Waals surface area (Å²) < 4.78 is 43.7. The number of rotatable bonds is 18. The first kappa shape index (κ1) is 36.6. The Morgan fingerprint density at radius 3 is 1.45 bits per heavy atom. The van der Waals surface area contributed by atoms with E-state index < -0.39 is 15.6 Å². The van der Waals surface area contributed by atoms with Crippen molar-refractivity contribution in [3.8, 4) is 0 Å². The number of nitrogens with one attached hydrogen (secondary N) is 2. The van der Waals surface area contributed by atoms with E-state index in [-0.39, 0.29) is 48.9 Å². The molecule has 4 N–H and O–H groups in total. The maximum absolute atomic E-state index is 13.0. The van der Waals surface area contributed by atoms with Crippen LogP contribution in [0.1, 0.15) is 24.0 Å². The number of hydrogen-bond donors (Lipinski definition) is 4. The first-order valence-electron chi connectivity index (χ1n) is 12.0. The minimum Gasteiger partial charge on any atom is -0.355 e. The Kier molecular flexibility index (Phi) is 19.5. The summed E-state index contributed by atoms with van der Waals surface area (Å²) in [4.78, 5) is 38.3. The molecule has 2 rings (SSSR count). The van der Waals surface area contributed by atoms with Gasteiger partial charge in [-0.3, -0.25) is 27.7 Å². The van der Waals surface area contributed by atoms with Crippen molar-refractivity contribution >= 4 is 59.3 Å². The van der Waals surface area contributed by atoms with Crippen LogP contribution in [-0.4, -0.2) is 58.6 Å². The van der Waals surface area contributed by atoms with Crippen LogP contribution in [-0.2, 0) is 50.0 Å². The summed E-state index contributed by atoms with van der Waals surface area (Å²) in [5.41, 5.74) is 1.74. The van der Waals surface area contributed by atoms with E-state index >= 15 is 0 Å². The van der Waals surface area contributed by atoms with Gasteiger partial charge in [-0.2, -0.15) is 0 Å². The molecule has 224 valence electrons. The average molecular weight is 732 g/mol. The van der Waals surface area contributed by atoms with E-state index in [1.54, 1.807) is 0 Å². The fraction of sp³-hybridized carbons (Fsp3) is 0.417. The lowest BCUT2D eigenvalue weighted by atomic mass is 10.2. The van der Waals surface area contributed by atoms with Crippen LogP contribution < -0.4 is 10.6 Å². The number of amides is 2. The number of hydrogen-bond acceptors (Lipinski definition) is 8. The van der Waals surface area contributed by atoms with Crippen molar-refractivity contribution in [1.29, 1.82) is 0 Å². The summed E-state index contributed by atoms with van der Waals surface area (Å²) in [5.74, 6) is -0.282. The summed E-state index contributed by atoms with van der Waals surface area (Å²) in [5, 5.41) is 5.65. The largest absolute Gasteiger partial charge is 0.475 e. The molecular formula is C24H34Br2N2O10P2. The Bertz CT molecular complexity index is 1030. The fourth-order valence-corrected chi connectivity index (χ4v) is 4.58. The molecule has 0 aliphatic carbocycles. The number of carbonyl (C=O) groups is 2. The molecule has 0 atom stereocenters. The van der Waals surface area contributed by atoms with Gasteiger partial charge >= 0.3 is 15.6 Å². The SMILES string of the molecule is O=C(CBr)NCCCOP(=O)(O)O.O=C(CBr)NCCCOP(=O)(OCc1ccccc1)OCc1ccccc1. The summed E-state index contributed by atoms with van der Waals surface area (Å²) in [6.07, 6.45) is 0.857. The lowest BCUT2D eigenvalue weighted by Gasteiger charge is -2.18. The Hall–Kier alpha value is -1.44. The monoisotopic (exact) mass is 730 g/mol. The van der Waals surface area contributed by atoms with Crippen LogP contribution in [0.3, 0.4) is 0 Å². The molecule has 12 nitrogen and oxygen atoms in total. The van der Waals surface area contributed by atoms with Crippen LogP contribution in [0.15, 0.2) is 60.7 Å². The zero-order valence-electron chi connectivity index (χ0n) is 21.7. The minimum absolute atomic E-state index is 0.0765. The highest BCUT2D eigenvalue weighted by Gasteiger charge is 2.27. The molecule has 2 amide bonds. The van der Waals surface area contributed by atoms with E-state index in [1.807, 2.05) is 60.7 Å². The second-order valence-corrected chi connectivity index (χ2v) is 11.8. The maximum Gasteiger partial charge on any atom is 0.475 e. The van der Waals surface area contributed by atoms with Crippen molar-refractivity contribution in [2.24, 2.45) is 0 Å². The number of benzene rings is 2. The zero-order chi connectivity index (χ0) is 29.7. The molecule has 0 aliphatic heterocycles. The normalized spacial score (nSPS) is 11.3. The van der Waals surface area contributed by atoms with Crippen LogP contribution in [0.5, 0.6) is 0 Å². The lowest BCUT2D eigenvalue weighted by Crippen LogP contribution is -2.25. The van der Waals surface area contributed by atoms with Crippen LogP contribution in [0.4, 0.5) is 0 Å². The van der Waals surface area contributed by atoms with Gasteiger partial charge in [0, 0.05) is 13.1 Å². The summed E-state index contributed by atoms with van der Waals surface area (Å²) in [6, 6.07) is 18.8. The van der Waals surface area contributed by atoms with Crippen LogP contribution in [0.25, 0.3) is 0 Å². The van der Waals surface area contributed by atoms with Gasteiger partial charge in [0.2, 0.25) is 11.8 Å². The van der Waals surface area contributed by atoms with Gasteiger partial charge in [0.25, 0.3) is 0 Å². The van der Waals surface area contributed by atoms with Gasteiger partial charge in [-0.15, -0.1) is 0 Å². The summed E-state index contributed by atoms with van der Waals surface area (Å²) in [6.45, 7) is 1.06. The molecule has 40 heavy (non-hydrogen) atoms. The van der Waals surface area contributed by atoms with E-state index in [0.717, 1.165) is 11.1 Å². The van der Waals surface area contributed by atoms with Gasteiger partial charge in [0.15, 0.2) is 0 Å². The summed E-state index contributed by atoms with van der Waals surface area (Å²) >= 11 is 6.02. The van der Waals surface area contributed by atoms with E-state index in [9.17, 15) is 18.7 Å². The Morgan fingerprint density at radius 2 is 1.07 bits per heavy atom. The van der Waals surface area contributed by atoms with E-state index in [0.29, 0.717) is 25.9 Å². The number of alkyl halides is 2. The number of halogens is 2. The molecule has 0 saturated carbocycles. The molecule has 0 heterocycles. The predicted molar refractivity (Wildman–Crippen MR) is 157 cm³/mol. The Balaban J connectivity index is 0.000000520. The predicted octanol–water partition coefficient (Wildman–Crippen LogP) is 4.44. The van der Waals surface area contributed by atoms with Crippen molar-refractivity contribution in [2.75, 3.05) is 37.0 Å². The fourth-order valence-electron chi connectivity index (χ4n) is 2.62. The zero-order valence-corrected chi connectivity index (χ0v) is 26.6. The molecule has 16 heteroatoms. The van der Waals surface area contributed by atoms with Gasteiger partial charge in [0.1, 0.15) is 0 Å². The molecule has 0 radical (unpaired) electrons. The number of phosphoric acid groups is 2. The Labute approximate surface area is 250 Å². The number of carbonyl (C=O) groups excluding carboxylic acids is 2. The second-order valence-electron chi connectivity index (χ2n) is 7.80. The highest BCUT2D eigenvalue weighted by molar-refractivity contribution is 9.09. The summed E-state index contributed by atoms with van der Waals surface area (Å²) in [7, 11) is -8.10. The molecular weight excluding hydrogens is 698 g/mol. The maximum atomic E-state index is 13.0. The molecule has 0 bridgehead atoms. The minimum atomic E-state index is -4.36. The first-order valence-corrected chi connectivity index (χ1v) is 17.3. The third-order valence-electron chi connectivity index (χ3n) is 4.50. The highest BCUT2D eigenvalue weighted by atomic mass is 79.9. The van der Waals surface area contributed by atoms with E-state index in [2.05, 4.69) is 47.0 Å². The van der Waals surface area contributed by atoms with Crippen LogP contribution in [0.2, 0.25) is 0 Å². The molecule has 0 unspecified atom stereocenters. The quantitative estimate of drug-likeness (QED) is 0.0977. The van der Waals surface area contributed by atoms with Crippen molar-refractivity contribution in [2.45, 2.75) is 26.1 Å². The van der Waals surface area contributed by atoms with Crippen LogP contribution in [0, 0.1) is 0 Å². The van der Waals surface area contributed by atoms with E-state index in [1.165, 1.54) is 0 Å². The van der Waals surface area contributed by atoms with Crippen molar-refractivity contribution in [3.63, 3.8) is 0 Å². The van der Waals surface area contributed by atoms with Crippen molar-refractivity contribution in [1.82, 2.24) is 10.6 Å². The first-order chi connectivity index (χ1) is 19.1. The molecule has 0 fully saturated rings. The topological polar surface area (TPSA) is 170 Å². The van der Waals surface area contributed by atoms with Crippen LogP contribution >= 0.6 is 47.5 Å². The standard InChI is InChI=1S/C19H23BrNO5P.C5H11BrNO5P/c20-14-19(22)21-12-7-13-24-27(23,25-15-17-8-3-1-4-9-17)26-16-18-10-5-2-6-11-18;6-4-5(8)7-2-1-3-12-13(9,10)11/h1-6,8-11H,7,12-16H2,(H,21,22);1-4H2,(H,7,8)(H2,9,10,11). The third kappa shape index (κ3) is 19.6. The molecule has 0 aliphatic rings. The Morgan fingerprint density at radius 1 is 0.675 bits per heavy atom. The van der Waals surface area contributed by atoms with E-state index in [4.69, 9.17) is 23.4 Å². The lowest BCUT2D eigenvalue weighted by molar-refractivity contribution is -0.119. The smallest absolute Gasteiger partial charge is 0.355 e. The molecule has 0 aromatic heterocycles. The molecule has 0 saturated heterocycles. The average Bonchev–Trinajstić information content (AvgIpc) is 2.95. The van der Waals surface area contributed by atoms with Gasteiger partial charge < -0.3 is 20.4 Å². The van der Waals surface area contributed by atoms with Gasteiger partial charge in [-0.25, -0.2) is 9.13 Å². The van der Waals surface area contributed by atoms with Gasteiger partial charge in [-0.05, 0) is 24.0 Å². The second kappa shape index (κ2) is 21.3. The van der Waals surface area contributed by atoms with Crippen molar-refractivity contribution in [3.05, 3.63) is 71.8 Å². The molecule has 2 aromatic rings. The van der Waals surface area contributed by atoms with Gasteiger partial charge in [-0.1, -0.05) is 92.5 Å². The third-order valence-corrected chi connectivity index (χ3v) is 7.43. The highest BCUT2D eigenvalue weighted by Crippen LogP contribution is 2.51. The number of phosphoric ester groups is 2. The van der Waals surface area contributed by atoms with Gasteiger partial charge in [0.05, 0.1) is 37.1 Å². The molecule has 2 aromatic carbocycles.